The predicted octanol–water partition coefficient (Wildman–Crippen LogP) is 3.20. The van der Waals surface area contributed by atoms with Gasteiger partial charge in [0, 0.05) is 6.07 Å². The maximum absolute atomic E-state index is 11.7. The Morgan fingerprint density at radius 3 is 2.84 bits per heavy atom. The van der Waals surface area contributed by atoms with Gasteiger partial charge in [0.15, 0.2) is 0 Å². The van der Waals surface area contributed by atoms with E-state index in [1.807, 2.05) is 0 Å². The summed E-state index contributed by atoms with van der Waals surface area (Å²) >= 11 is 5.65. The molecule has 0 fully saturated rings. The lowest BCUT2D eigenvalue weighted by atomic mass is 10.2. The number of ether oxygens (including phenoxy) is 1. The summed E-state index contributed by atoms with van der Waals surface area (Å²) in [4.78, 5) is 21.7. The Morgan fingerprint density at radius 2 is 2.21 bits per heavy atom. The average Bonchev–Trinajstić information content (AvgIpc) is 2.89. The van der Waals surface area contributed by atoms with Gasteiger partial charge in [-0.25, -0.2) is 4.79 Å². The van der Waals surface area contributed by atoms with Crippen molar-refractivity contribution in [1.29, 1.82) is 0 Å². The Hall–Kier alpha value is -2.34. The van der Waals surface area contributed by atoms with Crippen LogP contribution in [0.15, 0.2) is 41.0 Å². The van der Waals surface area contributed by atoms with E-state index in [0.717, 1.165) is 6.07 Å². The van der Waals surface area contributed by atoms with Gasteiger partial charge in [-0.2, -0.15) is 0 Å². The molecule has 1 heterocycles. The molecule has 0 saturated carbocycles. The van der Waals surface area contributed by atoms with E-state index < -0.39 is 10.9 Å². The third kappa shape index (κ3) is 3.11. The van der Waals surface area contributed by atoms with Crippen LogP contribution in [0, 0.1) is 10.1 Å². The lowest BCUT2D eigenvalue weighted by Gasteiger charge is -2.03. The second kappa shape index (κ2) is 5.53. The molecule has 0 radical (unpaired) electrons. The normalized spacial score (nSPS) is 10.2. The van der Waals surface area contributed by atoms with Gasteiger partial charge in [0.25, 0.3) is 5.69 Å². The summed E-state index contributed by atoms with van der Waals surface area (Å²) < 4.78 is 9.94. The molecule has 0 N–H and O–H groups in total. The molecule has 0 amide bonds. The zero-order valence-electron chi connectivity index (χ0n) is 9.54. The fraction of sp³-hybridized carbons (Fsp3) is 0.0833. The van der Waals surface area contributed by atoms with Crippen molar-refractivity contribution in [3.8, 4) is 0 Å². The molecule has 98 valence electrons. The van der Waals surface area contributed by atoms with Crippen LogP contribution >= 0.6 is 11.6 Å². The fourth-order valence-corrected chi connectivity index (χ4v) is 1.58. The second-order valence-corrected chi connectivity index (χ2v) is 3.99. The number of nitrogens with zero attached hydrogens (tertiary/aromatic N) is 1. The summed E-state index contributed by atoms with van der Waals surface area (Å²) in [6.45, 7) is -0.0394. The Labute approximate surface area is 112 Å². The van der Waals surface area contributed by atoms with Crippen LogP contribution < -0.4 is 0 Å². The number of esters is 1. The number of furan rings is 1. The van der Waals surface area contributed by atoms with Crippen LogP contribution in [0.3, 0.4) is 0 Å². The zero-order valence-corrected chi connectivity index (χ0v) is 10.3. The lowest BCUT2D eigenvalue weighted by molar-refractivity contribution is -0.384. The van der Waals surface area contributed by atoms with Crippen molar-refractivity contribution in [1.82, 2.24) is 0 Å². The van der Waals surface area contributed by atoms with Gasteiger partial charge in [-0.3, -0.25) is 10.1 Å². The van der Waals surface area contributed by atoms with E-state index in [2.05, 4.69) is 0 Å². The maximum atomic E-state index is 11.7. The van der Waals surface area contributed by atoms with Gasteiger partial charge in [0.2, 0.25) is 0 Å². The van der Waals surface area contributed by atoms with Crippen LogP contribution in [0.25, 0.3) is 0 Å². The van der Waals surface area contributed by atoms with Gasteiger partial charge in [0.05, 0.1) is 16.7 Å². The first-order valence-corrected chi connectivity index (χ1v) is 5.59. The fourth-order valence-electron chi connectivity index (χ4n) is 1.39. The SMILES string of the molecule is O=C(OCc1ccco1)c1ccc(Cl)c([N+](=O)[O-])c1. The van der Waals surface area contributed by atoms with Crippen molar-refractivity contribution in [2.24, 2.45) is 0 Å². The van der Waals surface area contributed by atoms with Crippen molar-refractivity contribution in [3.63, 3.8) is 0 Å². The molecule has 7 heteroatoms. The summed E-state index contributed by atoms with van der Waals surface area (Å²) in [5.41, 5.74) is -0.281. The number of rotatable bonds is 4. The summed E-state index contributed by atoms with van der Waals surface area (Å²) in [5, 5.41) is 10.7. The minimum atomic E-state index is -0.684. The molecule has 0 aliphatic rings. The van der Waals surface area contributed by atoms with Crippen molar-refractivity contribution in [2.75, 3.05) is 0 Å². The zero-order chi connectivity index (χ0) is 13.8. The summed E-state index contributed by atoms with van der Waals surface area (Å²) in [6, 6.07) is 7.03. The van der Waals surface area contributed by atoms with Crippen molar-refractivity contribution < 1.29 is 18.9 Å². The third-order valence-electron chi connectivity index (χ3n) is 2.30. The van der Waals surface area contributed by atoms with Crippen molar-refractivity contribution in [3.05, 3.63) is 63.1 Å². The minimum Gasteiger partial charge on any atom is -0.466 e. The maximum Gasteiger partial charge on any atom is 0.338 e. The van der Waals surface area contributed by atoms with Gasteiger partial charge in [-0.05, 0) is 24.3 Å². The molecule has 1 aromatic heterocycles. The quantitative estimate of drug-likeness (QED) is 0.488. The molecule has 6 nitrogen and oxygen atoms in total. The monoisotopic (exact) mass is 281 g/mol. The smallest absolute Gasteiger partial charge is 0.338 e. The molecule has 1 aromatic carbocycles. The highest BCUT2D eigenvalue weighted by molar-refractivity contribution is 6.32. The molecule has 2 aromatic rings. The first-order chi connectivity index (χ1) is 9.08. The molecular weight excluding hydrogens is 274 g/mol. The molecular formula is C12H8ClNO5. The van der Waals surface area contributed by atoms with E-state index >= 15 is 0 Å². The van der Waals surface area contributed by atoms with Crippen LogP contribution in [-0.4, -0.2) is 10.9 Å². The number of nitro benzene ring substituents is 1. The van der Waals surface area contributed by atoms with E-state index in [9.17, 15) is 14.9 Å². The number of hydrogen-bond donors (Lipinski definition) is 0. The van der Waals surface area contributed by atoms with E-state index in [-0.39, 0.29) is 22.9 Å². The largest absolute Gasteiger partial charge is 0.466 e. The van der Waals surface area contributed by atoms with Crippen LogP contribution in [0.1, 0.15) is 16.1 Å². The average molecular weight is 282 g/mol. The molecule has 2 rings (SSSR count). The van der Waals surface area contributed by atoms with Gasteiger partial charge in [-0.1, -0.05) is 11.6 Å². The third-order valence-corrected chi connectivity index (χ3v) is 2.62. The van der Waals surface area contributed by atoms with Crippen LogP contribution in [0.4, 0.5) is 5.69 Å². The first kappa shape index (κ1) is 13.1. The van der Waals surface area contributed by atoms with E-state index in [1.54, 1.807) is 12.1 Å². The number of halogens is 1. The lowest BCUT2D eigenvalue weighted by Crippen LogP contribution is -2.05. The summed E-state index contributed by atoms with van der Waals surface area (Å²) in [5.74, 6) is -0.201. The summed E-state index contributed by atoms with van der Waals surface area (Å²) in [7, 11) is 0. The number of carbonyl (C=O) groups excluding carboxylic acids is 1. The minimum absolute atomic E-state index is 0.0346. The van der Waals surface area contributed by atoms with Crippen LogP contribution in [0.5, 0.6) is 0 Å². The van der Waals surface area contributed by atoms with E-state index in [4.69, 9.17) is 20.8 Å². The summed E-state index contributed by atoms with van der Waals surface area (Å²) in [6.07, 6.45) is 1.45. The highest BCUT2D eigenvalue weighted by Gasteiger charge is 2.17. The number of carbonyl (C=O) groups is 1. The highest BCUT2D eigenvalue weighted by atomic mass is 35.5. The van der Waals surface area contributed by atoms with E-state index in [1.165, 1.54) is 18.4 Å². The first-order valence-electron chi connectivity index (χ1n) is 5.21. The van der Waals surface area contributed by atoms with Crippen molar-refractivity contribution in [2.45, 2.75) is 6.61 Å². The molecule has 0 unspecified atom stereocenters. The topological polar surface area (TPSA) is 82.6 Å². The predicted molar refractivity (Wildman–Crippen MR) is 65.9 cm³/mol. The van der Waals surface area contributed by atoms with Gasteiger partial charge in [0.1, 0.15) is 17.4 Å². The Bertz CT molecular complexity index is 609. The molecule has 0 aliphatic carbocycles. The number of hydrogen-bond acceptors (Lipinski definition) is 5. The van der Waals surface area contributed by atoms with Gasteiger partial charge < -0.3 is 9.15 Å². The Balaban J connectivity index is 2.11. The van der Waals surface area contributed by atoms with Gasteiger partial charge in [-0.15, -0.1) is 0 Å². The molecule has 0 aliphatic heterocycles. The molecule has 0 spiro atoms. The molecule has 19 heavy (non-hydrogen) atoms. The molecule has 0 bridgehead atoms. The Morgan fingerprint density at radius 1 is 1.42 bits per heavy atom. The van der Waals surface area contributed by atoms with Crippen LogP contribution in [-0.2, 0) is 11.3 Å². The molecule has 0 saturated heterocycles. The Kier molecular flexibility index (Phi) is 3.82. The van der Waals surface area contributed by atoms with Crippen molar-refractivity contribution >= 4 is 23.3 Å². The number of benzene rings is 1. The van der Waals surface area contributed by atoms with Gasteiger partial charge >= 0.3 is 5.97 Å². The van der Waals surface area contributed by atoms with Crippen LogP contribution in [0.2, 0.25) is 5.02 Å². The molecule has 0 atom stereocenters. The second-order valence-electron chi connectivity index (χ2n) is 3.58. The number of nitro groups is 1. The highest BCUT2D eigenvalue weighted by Crippen LogP contribution is 2.25. The van der Waals surface area contributed by atoms with E-state index in [0.29, 0.717) is 5.76 Å². The standard InChI is InChI=1S/C12H8ClNO5/c13-10-4-3-8(6-11(10)14(16)17)12(15)19-7-9-2-1-5-18-9/h1-6H,7H2.